The summed E-state index contributed by atoms with van der Waals surface area (Å²) in [5.41, 5.74) is 0. The van der Waals surface area contributed by atoms with Crippen molar-refractivity contribution >= 4 is 0 Å². The van der Waals surface area contributed by atoms with Crippen LogP contribution in [0.5, 0.6) is 0 Å². The molecular weight excluding hydrogens is 202 g/mol. The van der Waals surface area contributed by atoms with Crippen molar-refractivity contribution in [1.29, 1.82) is 0 Å². The van der Waals surface area contributed by atoms with Crippen LogP contribution in [0.25, 0.3) is 0 Å². The van der Waals surface area contributed by atoms with Gasteiger partial charge in [0, 0.05) is 19.8 Å². The number of ether oxygens (including phenoxy) is 2. The molecule has 1 aliphatic carbocycles. The Kier molecular flexibility index (Phi) is 7.81. The van der Waals surface area contributed by atoms with E-state index in [1.807, 2.05) is 0 Å². The third kappa shape index (κ3) is 7.20. The molecule has 0 saturated heterocycles. The van der Waals surface area contributed by atoms with E-state index in [2.05, 4.69) is 12.2 Å². The van der Waals surface area contributed by atoms with Crippen molar-refractivity contribution in [2.75, 3.05) is 33.5 Å². The third-order valence-electron chi connectivity index (χ3n) is 3.18. The van der Waals surface area contributed by atoms with Gasteiger partial charge in [-0.05, 0) is 38.1 Å². The summed E-state index contributed by atoms with van der Waals surface area (Å²) in [4.78, 5) is 0. The topological polar surface area (TPSA) is 30.5 Å². The second-order valence-corrected chi connectivity index (χ2v) is 4.70. The highest BCUT2D eigenvalue weighted by atomic mass is 16.5. The molecule has 0 spiro atoms. The monoisotopic (exact) mass is 229 g/mol. The summed E-state index contributed by atoms with van der Waals surface area (Å²) in [6, 6.07) is 0.840. The van der Waals surface area contributed by atoms with Crippen molar-refractivity contribution in [1.82, 2.24) is 5.32 Å². The zero-order valence-corrected chi connectivity index (χ0v) is 10.8. The van der Waals surface area contributed by atoms with Gasteiger partial charge in [0.25, 0.3) is 0 Å². The molecule has 0 heterocycles. The van der Waals surface area contributed by atoms with Gasteiger partial charge in [-0.1, -0.05) is 13.3 Å². The first-order chi connectivity index (χ1) is 7.86. The molecule has 1 atom stereocenters. The molecule has 3 nitrogen and oxygen atoms in total. The van der Waals surface area contributed by atoms with E-state index in [4.69, 9.17) is 9.47 Å². The minimum Gasteiger partial charge on any atom is -0.382 e. The van der Waals surface area contributed by atoms with E-state index in [9.17, 15) is 0 Å². The summed E-state index contributed by atoms with van der Waals surface area (Å²) in [6.45, 7) is 5.79. The van der Waals surface area contributed by atoms with Crippen LogP contribution in [-0.2, 0) is 9.47 Å². The van der Waals surface area contributed by atoms with E-state index >= 15 is 0 Å². The van der Waals surface area contributed by atoms with Crippen LogP contribution in [0.15, 0.2) is 0 Å². The average molecular weight is 229 g/mol. The second kappa shape index (κ2) is 8.97. The maximum atomic E-state index is 5.46. The summed E-state index contributed by atoms with van der Waals surface area (Å²) >= 11 is 0. The Labute approximate surface area is 99.9 Å². The first kappa shape index (κ1) is 13.9. The molecule has 1 fully saturated rings. The van der Waals surface area contributed by atoms with Gasteiger partial charge in [0.05, 0.1) is 13.2 Å². The molecule has 0 radical (unpaired) electrons. The van der Waals surface area contributed by atoms with Gasteiger partial charge in [-0.25, -0.2) is 0 Å². The zero-order valence-electron chi connectivity index (χ0n) is 10.8. The van der Waals surface area contributed by atoms with Crippen LogP contribution < -0.4 is 5.32 Å². The maximum absolute atomic E-state index is 5.46. The summed E-state index contributed by atoms with van der Waals surface area (Å²) < 4.78 is 10.4. The normalized spacial score (nSPS) is 17.6. The molecule has 3 heteroatoms. The van der Waals surface area contributed by atoms with E-state index in [-0.39, 0.29) is 0 Å². The molecule has 1 rings (SSSR count). The van der Waals surface area contributed by atoms with Crippen molar-refractivity contribution < 1.29 is 9.47 Å². The molecule has 0 aromatic carbocycles. The van der Waals surface area contributed by atoms with Gasteiger partial charge in [0.1, 0.15) is 0 Å². The number of hydrogen-bond acceptors (Lipinski definition) is 3. The molecule has 16 heavy (non-hydrogen) atoms. The Bertz CT molecular complexity index is 160. The van der Waals surface area contributed by atoms with Gasteiger partial charge in [0.2, 0.25) is 0 Å². The molecule has 0 bridgehead atoms. The highest BCUT2D eigenvalue weighted by molar-refractivity contribution is 4.81. The van der Waals surface area contributed by atoms with Crippen molar-refractivity contribution in [2.45, 2.75) is 45.1 Å². The molecule has 0 aliphatic heterocycles. The number of nitrogens with one attached hydrogen (secondary N) is 1. The Morgan fingerprint density at radius 3 is 2.69 bits per heavy atom. The Balaban J connectivity index is 1.87. The first-order valence-corrected chi connectivity index (χ1v) is 6.66. The fourth-order valence-corrected chi connectivity index (χ4v) is 1.79. The van der Waals surface area contributed by atoms with Gasteiger partial charge in [0.15, 0.2) is 0 Å². The van der Waals surface area contributed by atoms with Crippen LogP contribution in [-0.4, -0.2) is 39.5 Å². The first-order valence-electron chi connectivity index (χ1n) is 6.66. The molecule has 0 aromatic rings. The van der Waals surface area contributed by atoms with Gasteiger partial charge in [-0.3, -0.25) is 0 Å². The number of hydrogen-bond donors (Lipinski definition) is 1. The number of rotatable bonds is 11. The van der Waals surface area contributed by atoms with Gasteiger partial charge in [-0.2, -0.15) is 0 Å². The fourth-order valence-electron chi connectivity index (χ4n) is 1.79. The average Bonchev–Trinajstić information content (AvgIpc) is 3.11. The SMILES string of the molecule is CCC(CCCOCCOC)CNC1CC1. The lowest BCUT2D eigenvalue weighted by Crippen LogP contribution is -2.24. The fraction of sp³-hybridized carbons (Fsp3) is 1.00. The second-order valence-electron chi connectivity index (χ2n) is 4.70. The lowest BCUT2D eigenvalue weighted by Gasteiger charge is -2.15. The lowest BCUT2D eigenvalue weighted by atomic mass is 10.0. The molecule has 0 amide bonds. The Morgan fingerprint density at radius 1 is 1.25 bits per heavy atom. The molecule has 1 unspecified atom stereocenters. The minimum atomic E-state index is 0.709. The largest absolute Gasteiger partial charge is 0.382 e. The molecule has 0 aromatic heterocycles. The summed E-state index contributed by atoms with van der Waals surface area (Å²) in [5, 5.41) is 3.61. The van der Waals surface area contributed by atoms with E-state index < -0.39 is 0 Å². The number of methoxy groups -OCH3 is 1. The van der Waals surface area contributed by atoms with Crippen molar-refractivity contribution in [3.05, 3.63) is 0 Å². The quantitative estimate of drug-likeness (QED) is 0.551. The van der Waals surface area contributed by atoms with E-state index in [0.29, 0.717) is 6.61 Å². The third-order valence-corrected chi connectivity index (χ3v) is 3.18. The van der Waals surface area contributed by atoms with E-state index in [1.165, 1.54) is 38.6 Å². The van der Waals surface area contributed by atoms with Crippen LogP contribution in [0.3, 0.4) is 0 Å². The standard InChI is InChI=1S/C13H27NO2/c1-3-12(11-14-13-6-7-13)5-4-8-16-10-9-15-2/h12-14H,3-11H2,1-2H3. The van der Waals surface area contributed by atoms with E-state index in [1.54, 1.807) is 7.11 Å². The highest BCUT2D eigenvalue weighted by Gasteiger charge is 2.21. The predicted octanol–water partition coefficient (Wildman–Crippen LogP) is 2.21. The van der Waals surface area contributed by atoms with Crippen molar-refractivity contribution in [3.63, 3.8) is 0 Å². The summed E-state index contributed by atoms with van der Waals surface area (Å²) in [5.74, 6) is 0.826. The van der Waals surface area contributed by atoms with Gasteiger partial charge >= 0.3 is 0 Å². The molecule has 96 valence electrons. The maximum Gasteiger partial charge on any atom is 0.0700 e. The predicted molar refractivity (Wildman–Crippen MR) is 66.7 cm³/mol. The van der Waals surface area contributed by atoms with Crippen LogP contribution in [0.1, 0.15) is 39.0 Å². The molecule has 1 saturated carbocycles. The minimum absolute atomic E-state index is 0.709. The van der Waals surface area contributed by atoms with Gasteiger partial charge in [-0.15, -0.1) is 0 Å². The van der Waals surface area contributed by atoms with Gasteiger partial charge < -0.3 is 14.8 Å². The van der Waals surface area contributed by atoms with Crippen LogP contribution >= 0.6 is 0 Å². The highest BCUT2D eigenvalue weighted by Crippen LogP contribution is 2.20. The summed E-state index contributed by atoms with van der Waals surface area (Å²) in [7, 11) is 1.71. The summed E-state index contributed by atoms with van der Waals surface area (Å²) in [6.07, 6.45) is 6.50. The van der Waals surface area contributed by atoms with Crippen molar-refractivity contribution in [3.8, 4) is 0 Å². The molecule has 1 N–H and O–H groups in total. The van der Waals surface area contributed by atoms with Crippen molar-refractivity contribution in [2.24, 2.45) is 5.92 Å². The Morgan fingerprint density at radius 2 is 2.06 bits per heavy atom. The van der Waals surface area contributed by atoms with Crippen LogP contribution in [0, 0.1) is 5.92 Å². The van der Waals surface area contributed by atoms with Crippen LogP contribution in [0.4, 0.5) is 0 Å². The molecule has 1 aliphatic rings. The zero-order chi connectivity index (χ0) is 11.6. The van der Waals surface area contributed by atoms with Crippen LogP contribution in [0.2, 0.25) is 0 Å². The van der Waals surface area contributed by atoms with E-state index in [0.717, 1.165) is 25.2 Å². The molecular formula is C13H27NO2. The Hall–Kier alpha value is -0.120. The lowest BCUT2D eigenvalue weighted by molar-refractivity contribution is 0.0671. The smallest absolute Gasteiger partial charge is 0.0700 e.